The van der Waals surface area contributed by atoms with Crippen LogP contribution in [-0.2, 0) is 12.3 Å². The number of fused-ring (bicyclic) bond motifs is 2. The summed E-state index contributed by atoms with van der Waals surface area (Å²) in [4.78, 5) is 22.7. The quantitative estimate of drug-likeness (QED) is 0.305. The van der Waals surface area contributed by atoms with Crippen LogP contribution in [0.2, 0.25) is 0 Å². The Kier molecular flexibility index (Phi) is 4.19. The van der Waals surface area contributed by atoms with Crippen LogP contribution in [0.15, 0.2) is 58.6 Å². The number of rotatable bonds is 5. The number of nitrogens with zero attached hydrogens (tertiary/aromatic N) is 4. The van der Waals surface area contributed by atoms with E-state index in [4.69, 9.17) is 0 Å². The first-order valence-electron chi connectivity index (χ1n) is 7.81. The van der Waals surface area contributed by atoms with Gasteiger partial charge in [-0.05, 0) is 30.0 Å². The summed E-state index contributed by atoms with van der Waals surface area (Å²) in [6, 6.07) is 5.88. The van der Waals surface area contributed by atoms with Crippen LogP contribution in [0.25, 0.3) is 15.9 Å². The highest BCUT2D eigenvalue weighted by molar-refractivity contribution is 7.98. The van der Waals surface area contributed by atoms with E-state index in [0.29, 0.717) is 22.8 Å². The number of aryl methyl sites for hydroxylation is 1. The summed E-state index contributed by atoms with van der Waals surface area (Å²) in [7, 11) is 0. The Morgan fingerprint density at radius 3 is 3.00 bits per heavy atom. The minimum absolute atomic E-state index is 0.0146. The maximum atomic E-state index is 12.6. The molecular formula is C18H16N4OS2. The molecule has 0 aliphatic carbocycles. The SMILES string of the molecule is C=CCn1c(SCc2cn3cc(C)ccc3n2)nc2sccc2c1=O. The van der Waals surface area contributed by atoms with E-state index in [1.54, 1.807) is 10.6 Å². The van der Waals surface area contributed by atoms with Crippen LogP contribution in [0.1, 0.15) is 11.3 Å². The Balaban J connectivity index is 1.68. The normalized spacial score (nSPS) is 11.4. The number of thioether (sulfide) groups is 1. The molecule has 5 nitrogen and oxygen atoms in total. The molecule has 0 spiro atoms. The van der Waals surface area contributed by atoms with Crippen molar-refractivity contribution in [2.45, 2.75) is 24.4 Å². The second-order valence-corrected chi connectivity index (χ2v) is 7.57. The molecule has 0 N–H and O–H groups in total. The molecule has 0 atom stereocenters. The van der Waals surface area contributed by atoms with Gasteiger partial charge in [0.05, 0.1) is 11.1 Å². The monoisotopic (exact) mass is 368 g/mol. The molecule has 0 saturated heterocycles. The van der Waals surface area contributed by atoms with Crippen LogP contribution in [0.5, 0.6) is 0 Å². The lowest BCUT2D eigenvalue weighted by Crippen LogP contribution is -2.22. The van der Waals surface area contributed by atoms with E-state index in [2.05, 4.69) is 29.7 Å². The zero-order valence-electron chi connectivity index (χ0n) is 13.7. The molecule has 0 saturated carbocycles. The van der Waals surface area contributed by atoms with Gasteiger partial charge in [0.2, 0.25) is 0 Å². The molecule has 25 heavy (non-hydrogen) atoms. The smallest absolute Gasteiger partial charge is 0.263 e. The first kappa shape index (κ1) is 16.1. The van der Waals surface area contributed by atoms with Crippen LogP contribution in [-0.4, -0.2) is 18.9 Å². The minimum Gasteiger partial charge on any atom is -0.307 e. The molecule has 0 unspecified atom stereocenters. The van der Waals surface area contributed by atoms with Gasteiger partial charge in [-0.2, -0.15) is 0 Å². The fourth-order valence-electron chi connectivity index (χ4n) is 2.69. The topological polar surface area (TPSA) is 52.2 Å². The Morgan fingerprint density at radius 2 is 2.16 bits per heavy atom. The van der Waals surface area contributed by atoms with Gasteiger partial charge in [0, 0.05) is 24.7 Å². The highest BCUT2D eigenvalue weighted by Crippen LogP contribution is 2.24. The molecule has 0 aliphatic rings. The lowest BCUT2D eigenvalue weighted by Gasteiger charge is -2.09. The lowest BCUT2D eigenvalue weighted by molar-refractivity contribution is 0.672. The molecular weight excluding hydrogens is 352 g/mol. The third-order valence-electron chi connectivity index (χ3n) is 3.86. The van der Waals surface area contributed by atoms with E-state index in [0.717, 1.165) is 16.2 Å². The molecule has 4 rings (SSSR count). The molecule has 0 amide bonds. The zero-order valence-corrected chi connectivity index (χ0v) is 15.3. The van der Waals surface area contributed by atoms with Crippen molar-refractivity contribution in [1.29, 1.82) is 0 Å². The van der Waals surface area contributed by atoms with Crippen molar-refractivity contribution >= 4 is 39.0 Å². The van der Waals surface area contributed by atoms with Crippen molar-refractivity contribution in [3.05, 3.63) is 70.2 Å². The third kappa shape index (κ3) is 3.01. The van der Waals surface area contributed by atoms with Crippen LogP contribution in [0.3, 0.4) is 0 Å². The van der Waals surface area contributed by atoms with Crippen LogP contribution in [0, 0.1) is 6.92 Å². The molecule has 0 bridgehead atoms. The summed E-state index contributed by atoms with van der Waals surface area (Å²) in [5, 5.41) is 3.27. The summed E-state index contributed by atoms with van der Waals surface area (Å²) in [6.07, 6.45) is 5.80. The van der Waals surface area contributed by atoms with Crippen molar-refractivity contribution in [3.8, 4) is 0 Å². The second kappa shape index (κ2) is 6.50. The predicted octanol–water partition coefficient (Wildman–Crippen LogP) is 3.89. The lowest BCUT2D eigenvalue weighted by atomic mass is 10.3. The molecule has 0 radical (unpaired) electrons. The Labute approximate surface area is 152 Å². The van der Waals surface area contributed by atoms with E-state index in [9.17, 15) is 4.79 Å². The predicted molar refractivity (Wildman–Crippen MR) is 104 cm³/mol. The van der Waals surface area contributed by atoms with Crippen LogP contribution < -0.4 is 5.56 Å². The first-order valence-corrected chi connectivity index (χ1v) is 9.68. The van der Waals surface area contributed by atoms with Gasteiger partial charge < -0.3 is 4.40 Å². The first-order chi connectivity index (χ1) is 12.2. The number of pyridine rings is 1. The Bertz CT molecular complexity index is 1140. The maximum absolute atomic E-state index is 12.6. The largest absolute Gasteiger partial charge is 0.307 e. The van der Waals surface area contributed by atoms with Gasteiger partial charge in [-0.25, -0.2) is 9.97 Å². The summed E-state index contributed by atoms with van der Waals surface area (Å²) < 4.78 is 3.70. The molecule has 0 fully saturated rings. The minimum atomic E-state index is -0.0146. The van der Waals surface area contributed by atoms with Crippen molar-refractivity contribution in [3.63, 3.8) is 0 Å². The summed E-state index contributed by atoms with van der Waals surface area (Å²) in [6.45, 7) is 6.26. The summed E-state index contributed by atoms with van der Waals surface area (Å²) >= 11 is 3.01. The van der Waals surface area contributed by atoms with Gasteiger partial charge in [-0.3, -0.25) is 9.36 Å². The van der Waals surface area contributed by atoms with E-state index < -0.39 is 0 Å². The van der Waals surface area contributed by atoms with Gasteiger partial charge in [-0.15, -0.1) is 17.9 Å². The second-order valence-electron chi connectivity index (χ2n) is 5.73. The average molecular weight is 368 g/mol. The van der Waals surface area contributed by atoms with E-state index in [-0.39, 0.29) is 5.56 Å². The van der Waals surface area contributed by atoms with E-state index in [1.807, 2.05) is 34.2 Å². The molecule has 4 aromatic heterocycles. The average Bonchev–Trinajstić information content (AvgIpc) is 3.21. The highest BCUT2D eigenvalue weighted by atomic mass is 32.2. The van der Waals surface area contributed by atoms with Crippen molar-refractivity contribution in [2.75, 3.05) is 0 Å². The Morgan fingerprint density at radius 1 is 1.28 bits per heavy atom. The van der Waals surface area contributed by atoms with Gasteiger partial charge in [0.1, 0.15) is 10.5 Å². The standard InChI is InChI=1S/C18H16N4OS2/c1-3-7-22-17(23)14-6-8-24-16(14)20-18(22)25-11-13-10-21-9-12(2)4-5-15(21)19-13/h3-6,8-10H,1,7,11H2,2H3. The number of imidazole rings is 1. The Hall–Kier alpha value is -2.38. The highest BCUT2D eigenvalue weighted by Gasteiger charge is 2.12. The zero-order chi connectivity index (χ0) is 17.4. The van der Waals surface area contributed by atoms with Crippen molar-refractivity contribution < 1.29 is 0 Å². The number of hydrogen-bond acceptors (Lipinski definition) is 5. The molecule has 0 aromatic carbocycles. The number of thiophene rings is 1. The number of allylic oxidation sites excluding steroid dienone is 1. The molecule has 126 valence electrons. The van der Waals surface area contributed by atoms with Gasteiger partial charge in [0.25, 0.3) is 5.56 Å². The van der Waals surface area contributed by atoms with Gasteiger partial charge >= 0.3 is 0 Å². The number of hydrogen-bond donors (Lipinski definition) is 0. The number of aromatic nitrogens is 4. The fourth-order valence-corrected chi connectivity index (χ4v) is 4.39. The molecule has 4 aromatic rings. The van der Waals surface area contributed by atoms with Gasteiger partial charge in [0.15, 0.2) is 5.16 Å². The molecule has 7 heteroatoms. The van der Waals surface area contributed by atoms with Crippen LogP contribution in [0.4, 0.5) is 0 Å². The molecule has 4 heterocycles. The third-order valence-corrected chi connectivity index (χ3v) is 5.67. The molecule has 0 aliphatic heterocycles. The van der Waals surface area contributed by atoms with Crippen molar-refractivity contribution in [1.82, 2.24) is 18.9 Å². The van der Waals surface area contributed by atoms with E-state index in [1.165, 1.54) is 28.7 Å². The maximum Gasteiger partial charge on any atom is 0.263 e. The van der Waals surface area contributed by atoms with Crippen LogP contribution >= 0.6 is 23.1 Å². The summed E-state index contributed by atoms with van der Waals surface area (Å²) in [5.41, 5.74) is 3.06. The van der Waals surface area contributed by atoms with E-state index >= 15 is 0 Å². The summed E-state index contributed by atoms with van der Waals surface area (Å²) in [5.74, 6) is 0.654. The van der Waals surface area contributed by atoms with Crippen molar-refractivity contribution in [2.24, 2.45) is 0 Å². The van der Waals surface area contributed by atoms with Gasteiger partial charge in [-0.1, -0.05) is 23.9 Å². The fraction of sp³-hybridized carbons (Fsp3) is 0.167.